The van der Waals surface area contributed by atoms with E-state index >= 15 is 0 Å². The predicted molar refractivity (Wildman–Crippen MR) is 63.1 cm³/mol. The second kappa shape index (κ2) is 7.04. The fraction of sp³-hybridized carbons (Fsp3) is 0.667. The van der Waals surface area contributed by atoms with Crippen molar-refractivity contribution in [1.82, 2.24) is 4.90 Å². The first-order valence-corrected chi connectivity index (χ1v) is 5.67. The zero-order chi connectivity index (χ0) is 12.7. The highest BCUT2D eigenvalue weighted by molar-refractivity contribution is 5.94. The Kier molecular flexibility index (Phi) is 6.46. The van der Waals surface area contributed by atoms with Crippen molar-refractivity contribution in [3.63, 3.8) is 0 Å². The number of carbonyl (C=O) groups is 2. The van der Waals surface area contributed by atoms with Crippen LogP contribution >= 0.6 is 0 Å². The Hall–Kier alpha value is -1.32. The summed E-state index contributed by atoms with van der Waals surface area (Å²) in [5.41, 5.74) is 0. The van der Waals surface area contributed by atoms with E-state index in [0.29, 0.717) is 0 Å². The van der Waals surface area contributed by atoms with Gasteiger partial charge in [0.1, 0.15) is 0 Å². The molecule has 0 aliphatic rings. The van der Waals surface area contributed by atoms with Gasteiger partial charge >= 0.3 is 5.97 Å². The minimum Gasteiger partial charge on any atom is -0.478 e. The summed E-state index contributed by atoms with van der Waals surface area (Å²) in [5, 5.41) is 8.48. The van der Waals surface area contributed by atoms with Gasteiger partial charge in [0.05, 0.1) is 0 Å². The van der Waals surface area contributed by atoms with E-state index in [1.807, 2.05) is 27.7 Å². The molecule has 0 spiro atoms. The normalized spacial score (nSPS) is 14.8. The molecule has 0 heterocycles. The molecule has 2 atom stereocenters. The smallest absolute Gasteiger partial charge is 0.328 e. The molecule has 92 valence electrons. The number of carbonyl (C=O) groups excluding carboxylic acids is 1. The quantitative estimate of drug-likeness (QED) is 0.706. The van der Waals surface area contributed by atoms with Crippen LogP contribution in [0.25, 0.3) is 0 Å². The van der Waals surface area contributed by atoms with Gasteiger partial charge in [-0.3, -0.25) is 4.79 Å². The Labute approximate surface area is 96.9 Å². The highest BCUT2D eigenvalue weighted by Crippen LogP contribution is 2.12. The van der Waals surface area contributed by atoms with Crippen molar-refractivity contribution in [3.05, 3.63) is 12.2 Å². The molecule has 1 N–H and O–H groups in total. The van der Waals surface area contributed by atoms with Gasteiger partial charge in [0.15, 0.2) is 0 Å². The molecule has 0 saturated heterocycles. The average molecular weight is 227 g/mol. The number of nitrogens with zero attached hydrogens (tertiary/aromatic N) is 1. The summed E-state index contributed by atoms with van der Waals surface area (Å²) < 4.78 is 0. The topological polar surface area (TPSA) is 57.6 Å². The molecule has 2 unspecified atom stereocenters. The van der Waals surface area contributed by atoms with E-state index in [1.165, 1.54) is 0 Å². The number of hydrogen-bond donors (Lipinski definition) is 1. The lowest BCUT2D eigenvalue weighted by Crippen LogP contribution is -2.43. The van der Waals surface area contributed by atoms with Crippen molar-refractivity contribution >= 4 is 11.9 Å². The Morgan fingerprint density at radius 2 is 1.56 bits per heavy atom. The van der Waals surface area contributed by atoms with Gasteiger partial charge in [-0.1, -0.05) is 13.8 Å². The lowest BCUT2D eigenvalue weighted by molar-refractivity contribution is -0.133. The molecule has 0 aliphatic carbocycles. The second-order valence-corrected chi connectivity index (χ2v) is 3.93. The summed E-state index contributed by atoms with van der Waals surface area (Å²) in [6, 6.07) is 0.252. The molecule has 0 rings (SSSR count). The van der Waals surface area contributed by atoms with Crippen LogP contribution < -0.4 is 0 Å². The molecule has 0 aliphatic heterocycles. The highest BCUT2D eigenvalue weighted by atomic mass is 16.4. The molecular weight excluding hydrogens is 206 g/mol. The van der Waals surface area contributed by atoms with Crippen LogP contribution in [0.15, 0.2) is 12.2 Å². The predicted octanol–water partition coefficient (Wildman–Crippen LogP) is 2.05. The summed E-state index contributed by atoms with van der Waals surface area (Å²) >= 11 is 0. The largest absolute Gasteiger partial charge is 0.478 e. The molecular formula is C12H21NO3. The summed E-state index contributed by atoms with van der Waals surface area (Å²) in [6.07, 6.45) is 3.73. The van der Waals surface area contributed by atoms with E-state index in [1.54, 1.807) is 4.90 Å². The number of rotatable bonds is 6. The third-order valence-corrected chi connectivity index (χ3v) is 2.75. The standard InChI is InChI=1S/C12H21NO3/c1-5-9(3)13(10(4)6-2)11(14)7-8-12(15)16/h7-10H,5-6H2,1-4H3,(H,15,16)/b8-7+. The first-order valence-electron chi connectivity index (χ1n) is 5.67. The van der Waals surface area contributed by atoms with Crippen LogP contribution in [-0.4, -0.2) is 34.0 Å². The summed E-state index contributed by atoms with van der Waals surface area (Å²) in [5.74, 6) is -1.33. The van der Waals surface area contributed by atoms with Crippen LogP contribution in [-0.2, 0) is 9.59 Å². The lowest BCUT2D eigenvalue weighted by Gasteiger charge is -2.33. The van der Waals surface area contributed by atoms with E-state index in [0.717, 1.165) is 25.0 Å². The molecule has 16 heavy (non-hydrogen) atoms. The Bertz CT molecular complexity index is 263. The van der Waals surface area contributed by atoms with Gasteiger partial charge in [-0.2, -0.15) is 0 Å². The molecule has 0 saturated carbocycles. The van der Waals surface area contributed by atoms with Gasteiger partial charge in [0, 0.05) is 24.2 Å². The van der Waals surface area contributed by atoms with Gasteiger partial charge in [0.25, 0.3) is 0 Å². The van der Waals surface area contributed by atoms with Crippen molar-refractivity contribution in [2.45, 2.75) is 52.6 Å². The molecule has 4 heteroatoms. The van der Waals surface area contributed by atoms with Crippen molar-refractivity contribution in [1.29, 1.82) is 0 Å². The maximum atomic E-state index is 11.8. The highest BCUT2D eigenvalue weighted by Gasteiger charge is 2.21. The van der Waals surface area contributed by atoms with E-state index in [-0.39, 0.29) is 18.0 Å². The third kappa shape index (κ3) is 4.47. The van der Waals surface area contributed by atoms with Gasteiger partial charge in [0.2, 0.25) is 5.91 Å². The Balaban J connectivity index is 4.76. The molecule has 0 aromatic rings. The lowest BCUT2D eigenvalue weighted by atomic mass is 10.1. The van der Waals surface area contributed by atoms with E-state index in [4.69, 9.17) is 5.11 Å². The number of hydrogen-bond acceptors (Lipinski definition) is 2. The minimum absolute atomic E-state index is 0.126. The van der Waals surface area contributed by atoms with Crippen LogP contribution in [0.1, 0.15) is 40.5 Å². The number of aliphatic carboxylic acids is 1. The second-order valence-electron chi connectivity index (χ2n) is 3.93. The molecule has 4 nitrogen and oxygen atoms in total. The maximum absolute atomic E-state index is 11.8. The molecule has 1 amide bonds. The van der Waals surface area contributed by atoms with Gasteiger partial charge in [-0.05, 0) is 26.7 Å². The monoisotopic (exact) mass is 227 g/mol. The summed E-state index contributed by atoms with van der Waals surface area (Å²) in [6.45, 7) is 7.96. The van der Waals surface area contributed by atoms with E-state index in [2.05, 4.69) is 0 Å². The SMILES string of the molecule is CCC(C)N(C(=O)/C=C/C(=O)O)C(C)CC. The summed E-state index contributed by atoms with van der Waals surface area (Å²) in [4.78, 5) is 23.9. The first kappa shape index (κ1) is 14.7. The van der Waals surface area contributed by atoms with Crippen LogP contribution in [0.2, 0.25) is 0 Å². The Morgan fingerprint density at radius 1 is 1.12 bits per heavy atom. The zero-order valence-electron chi connectivity index (χ0n) is 10.4. The van der Waals surface area contributed by atoms with Crippen molar-refractivity contribution < 1.29 is 14.7 Å². The van der Waals surface area contributed by atoms with E-state index in [9.17, 15) is 9.59 Å². The van der Waals surface area contributed by atoms with Crippen LogP contribution in [0, 0.1) is 0 Å². The van der Waals surface area contributed by atoms with Crippen molar-refractivity contribution in [2.24, 2.45) is 0 Å². The van der Waals surface area contributed by atoms with E-state index < -0.39 is 5.97 Å². The zero-order valence-corrected chi connectivity index (χ0v) is 10.4. The fourth-order valence-corrected chi connectivity index (χ4v) is 1.49. The summed E-state index contributed by atoms with van der Waals surface area (Å²) in [7, 11) is 0. The van der Waals surface area contributed by atoms with Crippen LogP contribution in [0.3, 0.4) is 0 Å². The number of carboxylic acid groups (broad SMARTS) is 1. The first-order chi connectivity index (χ1) is 7.43. The minimum atomic E-state index is -1.10. The van der Waals surface area contributed by atoms with Gasteiger partial charge < -0.3 is 10.0 Å². The van der Waals surface area contributed by atoms with Crippen LogP contribution in [0.5, 0.6) is 0 Å². The molecule has 0 radical (unpaired) electrons. The Morgan fingerprint density at radius 3 is 1.88 bits per heavy atom. The van der Waals surface area contributed by atoms with Crippen molar-refractivity contribution in [2.75, 3.05) is 0 Å². The van der Waals surface area contributed by atoms with Gasteiger partial charge in [-0.15, -0.1) is 0 Å². The van der Waals surface area contributed by atoms with Crippen LogP contribution in [0.4, 0.5) is 0 Å². The molecule has 0 bridgehead atoms. The number of carboxylic acids is 1. The third-order valence-electron chi connectivity index (χ3n) is 2.75. The van der Waals surface area contributed by atoms with Crippen molar-refractivity contribution in [3.8, 4) is 0 Å². The van der Waals surface area contributed by atoms with Gasteiger partial charge in [-0.25, -0.2) is 4.79 Å². The average Bonchev–Trinajstić information content (AvgIpc) is 2.25. The molecule has 0 aromatic heterocycles. The maximum Gasteiger partial charge on any atom is 0.328 e. The fourth-order valence-electron chi connectivity index (χ4n) is 1.49. The number of amides is 1. The molecule has 0 aromatic carbocycles. The molecule has 0 fully saturated rings.